The molecular formula is C12H13Cl2NO3S. The lowest BCUT2D eigenvalue weighted by molar-refractivity contribution is 0.0948. The van der Waals surface area contributed by atoms with Crippen molar-refractivity contribution in [1.82, 2.24) is 5.32 Å². The van der Waals surface area contributed by atoms with Gasteiger partial charge >= 0.3 is 0 Å². The SMILES string of the molecule is O=C(NCC1CCS(=O)(=O)C1)c1ccc(Cl)cc1Cl. The van der Waals surface area contributed by atoms with Crippen molar-refractivity contribution in [2.24, 2.45) is 5.92 Å². The van der Waals surface area contributed by atoms with Crippen molar-refractivity contribution < 1.29 is 13.2 Å². The van der Waals surface area contributed by atoms with E-state index in [0.29, 0.717) is 23.6 Å². The Bertz CT molecular complexity index is 601. The number of rotatable bonds is 3. The first-order valence-corrected chi connectivity index (χ1v) is 8.39. The first kappa shape index (κ1) is 14.6. The Morgan fingerprint density at radius 1 is 1.37 bits per heavy atom. The Labute approximate surface area is 122 Å². The molecule has 1 heterocycles. The molecule has 7 heteroatoms. The highest BCUT2D eigenvalue weighted by molar-refractivity contribution is 7.91. The Hall–Kier alpha value is -0.780. The molecule has 0 spiro atoms. The van der Waals surface area contributed by atoms with Gasteiger partial charge in [-0.15, -0.1) is 0 Å². The Morgan fingerprint density at radius 2 is 2.11 bits per heavy atom. The third kappa shape index (κ3) is 3.84. The molecule has 1 aromatic carbocycles. The van der Waals surface area contributed by atoms with Crippen LogP contribution in [0.1, 0.15) is 16.8 Å². The van der Waals surface area contributed by atoms with Gasteiger partial charge in [-0.3, -0.25) is 4.79 Å². The average molecular weight is 322 g/mol. The van der Waals surface area contributed by atoms with Crippen LogP contribution in [0.5, 0.6) is 0 Å². The minimum absolute atomic E-state index is 0.0139. The maximum Gasteiger partial charge on any atom is 0.252 e. The Kier molecular flexibility index (Phi) is 4.38. The van der Waals surface area contributed by atoms with Crippen molar-refractivity contribution in [3.63, 3.8) is 0 Å². The zero-order valence-corrected chi connectivity index (χ0v) is 12.4. The molecule has 1 aromatic rings. The molecule has 104 valence electrons. The molecule has 1 unspecified atom stereocenters. The van der Waals surface area contributed by atoms with E-state index in [0.717, 1.165) is 0 Å². The van der Waals surface area contributed by atoms with Gasteiger partial charge in [-0.1, -0.05) is 23.2 Å². The molecule has 0 radical (unpaired) electrons. The van der Waals surface area contributed by atoms with Crippen molar-refractivity contribution in [2.45, 2.75) is 6.42 Å². The largest absolute Gasteiger partial charge is 0.352 e. The highest BCUT2D eigenvalue weighted by Gasteiger charge is 2.28. The number of hydrogen-bond donors (Lipinski definition) is 1. The van der Waals surface area contributed by atoms with Gasteiger partial charge in [0.1, 0.15) is 0 Å². The molecule has 19 heavy (non-hydrogen) atoms. The zero-order chi connectivity index (χ0) is 14.0. The predicted octanol–water partition coefficient (Wildman–Crippen LogP) is 2.16. The minimum atomic E-state index is -2.92. The first-order valence-electron chi connectivity index (χ1n) is 5.81. The molecule has 0 aromatic heterocycles. The number of sulfone groups is 1. The summed E-state index contributed by atoms with van der Waals surface area (Å²) in [5, 5.41) is 3.45. The Balaban J connectivity index is 1.95. The number of hydrogen-bond acceptors (Lipinski definition) is 3. The predicted molar refractivity (Wildman–Crippen MR) is 75.6 cm³/mol. The van der Waals surface area contributed by atoms with Crippen LogP contribution in [0.15, 0.2) is 18.2 Å². The molecule has 1 amide bonds. The summed E-state index contributed by atoms with van der Waals surface area (Å²) in [5.74, 6) is 0.0163. The normalized spacial score (nSPS) is 21.3. The van der Waals surface area contributed by atoms with Crippen LogP contribution < -0.4 is 5.32 Å². The maximum absolute atomic E-state index is 11.9. The van der Waals surface area contributed by atoms with E-state index < -0.39 is 9.84 Å². The second-order valence-electron chi connectivity index (χ2n) is 4.60. The van der Waals surface area contributed by atoms with E-state index in [-0.39, 0.29) is 28.4 Å². The molecule has 1 N–H and O–H groups in total. The highest BCUT2D eigenvalue weighted by Crippen LogP contribution is 2.21. The third-order valence-electron chi connectivity index (χ3n) is 3.05. The summed E-state index contributed by atoms with van der Waals surface area (Å²) < 4.78 is 22.6. The van der Waals surface area contributed by atoms with Gasteiger partial charge in [0.2, 0.25) is 0 Å². The number of halogens is 2. The monoisotopic (exact) mass is 321 g/mol. The maximum atomic E-state index is 11.9. The van der Waals surface area contributed by atoms with Crippen molar-refractivity contribution in [3.8, 4) is 0 Å². The summed E-state index contributed by atoms with van der Waals surface area (Å²) in [4.78, 5) is 11.9. The van der Waals surface area contributed by atoms with E-state index in [1.54, 1.807) is 12.1 Å². The van der Waals surface area contributed by atoms with E-state index in [1.807, 2.05) is 0 Å². The summed E-state index contributed by atoms with van der Waals surface area (Å²) >= 11 is 11.7. The molecule has 0 saturated carbocycles. The van der Waals surface area contributed by atoms with Crippen LogP contribution >= 0.6 is 23.2 Å². The zero-order valence-electron chi connectivity index (χ0n) is 10.0. The molecule has 1 atom stereocenters. The van der Waals surface area contributed by atoms with Crippen molar-refractivity contribution >= 4 is 38.9 Å². The summed E-state index contributed by atoms with van der Waals surface area (Å²) in [7, 11) is -2.92. The molecule has 0 aliphatic carbocycles. The summed E-state index contributed by atoms with van der Waals surface area (Å²) in [6.45, 7) is 0.344. The fourth-order valence-electron chi connectivity index (χ4n) is 2.04. The van der Waals surface area contributed by atoms with Gasteiger partial charge in [-0.05, 0) is 30.5 Å². The van der Waals surface area contributed by atoms with Crippen molar-refractivity contribution in [3.05, 3.63) is 33.8 Å². The summed E-state index contributed by atoms with van der Waals surface area (Å²) in [6.07, 6.45) is 0.594. The summed E-state index contributed by atoms with van der Waals surface area (Å²) in [5.41, 5.74) is 0.340. The van der Waals surface area contributed by atoms with E-state index in [1.165, 1.54) is 6.07 Å². The van der Waals surface area contributed by atoms with Crippen molar-refractivity contribution in [2.75, 3.05) is 18.1 Å². The van der Waals surface area contributed by atoms with Crippen LogP contribution in [-0.4, -0.2) is 32.4 Å². The van der Waals surface area contributed by atoms with E-state index in [9.17, 15) is 13.2 Å². The second-order valence-corrected chi connectivity index (χ2v) is 7.68. The molecule has 1 fully saturated rings. The third-order valence-corrected chi connectivity index (χ3v) is 5.44. The Morgan fingerprint density at radius 3 is 2.68 bits per heavy atom. The number of amides is 1. The number of carbonyl (C=O) groups is 1. The number of nitrogens with one attached hydrogen (secondary N) is 1. The average Bonchev–Trinajstić information content (AvgIpc) is 2.66. The van der Waals surface area contributed by atoms with Gasteiger partial charge in [0, 0.05) is 11.6 Å². The molecule has 1 aliphatic rings. The van der Waals surface area contributed by atoms with Gasteiger partial charge in [0.15, 0.2) is 9.84 Å². The van der Waals surface area contributed by atoms with Gasteiger partial charge in [0.25, 0.3) is 5.91 Å². The quantitative estimate of drug-likeness (QED) is 0.927. The van der Waals surface area contributed by atoms with Gasteiger partial charge in [-0.2, -0.15) is 0 Å². The second kappa shape index (κ2) is 5.69. The van der Waals surface area contributed by atoms with E-state index >= 15 is 0 Å². The summed E-state index contributed by atoms with van der Waals surface area (Å²) in [6, 6.07) is 4.63. The van der Waals surface area contributed by atoms with Gasteiger partial charge in [0.05, 0.1) is 22.1 Å². The number of benzene rings is 1. The van der Waals surface area contributed by atoms with Gasteiger partial charge in [-0.25, -0.2) is 8.42 Å². The molecule has 1 saturated heterocycles. The minimum Gasteiger partial charge on any atom is -0.352 e. The highest BCUT2D eigenvalue weighted by atomic mass is 35.5. The smallest absolute Gasteiger partial charge is 0.252 e. The van der Waals surface area contributed by atoms with Crippen LogP contribution in [-0.2, 0) is 9.84 Å². The van der Waals surface area contributed by atoms with Crippen molar-refractivity contribution in [1.29, 1.82) is 0 Å². The lowest BCUT2D eigenvalue weighted by Gasteiger charge is -2.10. The molecule has 4 nitrogen and oxygen atoms in total. The van der Waals surface area contributed by atoms with E-state index in [2.05, 4.69) is 5.32 Å². The number of carbonyl (C=O) groups excluding carboxylic acids is 1. The molecule has 1 aliphatic heterocycles. The van der Waals surface area contributed by atoms with Crippen LogP contribution in [0.2, 0.25) is 10.0 Å². The fourth-order valence-corrected chi connectivity index (χ4v) is 4.40. The van der Waals surface area contributed by atoms with Crippen LogP contribution in [0, 0.1) is 5.92 Å². The topological polar surface area (TPSA) is 63.2 Å². The molecule has 0 bridgehead atoms. The lowest BCUT2D eigenvalue weighted by Crippen LogP contribution is -2.30. The standard InChI is InChI=1S/C12H13Cl2NO3S/c13-9-1-2-10(11(14)5-9)12(16)15-6-8-3-4-19(17,18)7-8/h1-2,5,8H,3-4,6-7H2,(H,15,16). The van der Waals surface area contributed by atoms with E-state index in [4.69, 9.17) is 23.2 Å². The lowest BCUT2D eigenvalue weighted by atomic mass is 10.1. The molecular weight excluding hydrogens is 309 g/mol. The van der Waals surface area contributed by atoms with Gasteiger partial charge < -0.3 is 5.32 Å². The van der Waals surface area contributed by atoms with Crippen LogP contribution in [0.3, 0.4) is 0 Å². The van der Waals surface area contributed by atoms with Crippen LogP contribution in [0.4, 0.5) is 0 Å². The fraction of sp³-hybridized carbons (Fsp3) is 0.417. The first-order chi connectivity index (χ1) is 8.87. The molecule has 2 rings (SSSR count). The van der Waals surface area contributed by atoms with Crippen LogP contribution in [0.25, 0.3) is 0 Å².